The number of aryl methyl sites for hydroxylation is 1. The molecule has 0 unspecified atom stereocenters. The van der Waals surface area contributed by atoms with Crippen LogP contribution in [0.3, 0.4) is 0 Å². The summed E-state index contributed by atoms with van der Waals surface area (Å²) < 4.78 is 39.0. The van der Waals surface area contributed by atoms with Gasteiger partial charge in [0, 0.05) is 18.6 Å². The molecule has 3 nitrogen and oxygen atoms in total. The van der Waals surface area contributed by atoms with E-state index in [9.17, 15) is 17.3 Å². The summed E-state index contributed by atoms with van der Waals surface area (Å²) in [4.78, 5) is 11.4. The average molecular weight is 393 g/mol. The fourth-order valence-corrected chi connectivity index (χ4v) is 1.13. The van der Waals surface area contributed by atoms with Gasteiger partial charge >= 0.3 is 27.7 Å². The van der Waals surface area contributed by atoms with E-state index in [1.165, 1.54) is 6.42 Å². The third kappa shape index (κ3) is 12.3. The van der Waals surface area contributed by atoms with Crippen LogP contribution in [0.2, 0.25) is 0 Å². The molecule has 0 amide bonds. The predicted molar refractivity (Wildman–Crippen MR) is 71.8 cm³/mol. The van der Waals surface area contributed by atoms with Crippen molar-refractivity contribution in [1.82, 2.24) is 15.0 Å². The molecule has 0 saturated heterocycles. The summed E-state index contributed by atoms with van der Waals surface area (Å²) in [6.07, 6.45) is 6.79. The molecule has 0 spiro atoms. The summed E-state index contributed by atoms with van der Waals surface area (Å²) in [6.45, 7) is 8.52. The molecule has 0 aliphatic rings. The molecule has 2 aromatic heterocycles. The molecular weight excluding hydrogens is 379 g/mol. The number of pyridine rings is 1. The Kier molecular flexibility index (Phi) is 12.1. The number of H-pyrrole nitrogens is 1. The minimum atomic E-state index is -6.00. The van der Waals surface area contributed by atoms with Crippen molar-refractivity contribution in [3.05, 3.63) is 56.6 Å². The van der Waals surface area contributed by atoms with Crippen molar-refractivity contribution < 1.29 is 37.7 Å². The number of imidazole rings is 1. The van der Waals surface area contributed by atoms with E-state index in [1.807, 2.05) is 19.1 Å². The number of halogens is 4. The van der Waals surface area contributed by atoms with E-state index in [4.69, 9.17) is 0 Å². The number of hydrogen-bond donors (Lipinski definition) is 1. The van der Waals surface area contributed by atoms with E-state index < -0.39 is 7.25 Å². The Bertz CT molecular complexity index is 472. The minimum Gasteiger partial charge on any atom is -0.418 e. The van der Waals surface area contributed by atoms with Gasteiger partial charge in [0.25, 0.3) is 0 Å². The number of hydrogen-bond acceptors (Lipinski definition) is 2. The molecule has 0 saturated carbocycles. The van der Waals surface area contributed by atoms with Gasteiger partial charge in [-0.3, -0.25) is 4.98 Å². The number of rotatable bonds is 1. The fraction of sp³-hybridized carbons (Fsp3) is 0.0833. The van der Waals surface area contributed by atoms with E-state index in [1.54, 1.807) is 18.6 Å². The van der Waals surface area contributed by atoms with E-state index in [-0.39, 0.29) is 20.4 Å². The van der Waals surface area contributed by atoms with Crippen LogP contribution in [-0.2, 0) is 20.4 Å². The summed E-state index contributed by atoms with van der Waals surface area (Å²) >= 11 is 0. The van der Waals surface area contributed by atoms with Crippen LogP contribution >= 0.6 is 0 Å². The maximum atomic E-state index is 9.75. The summed E-state index contributed by atoms with van der Waals surface area (Å²) in [5.74, 6) is 0.827. The first-order chi connectivity index (χ1) is 9.29. The largest absolute Gasteiger partial charge is 2.00 e. The second-order valence-electron chi connectivity index (χ2n) is 3.39. The van der Waals surface area contributed by atoms with E-state index in [2.05, 4.69) is 28.8 Å². The molecule has 0 fully saturated rings. The van der Waals surface area contributed by atoms with Crippen LogP contribution in [0.15, 0.2) is 30.7 Å². The third-order valence-electron chi connectivity index (χ3n) is 1.73. The van der Waals surface area contributed by atoms with Crippen molar-refractivity contribution in [1.29, 1.82) is 0 Å². The van der Waals surface area contributed by atoms with Gasteiger partial charge in [0.05, 0.1) is 0 Å². The maximum absolute atomic E-state index is 9.75. The van der Waals surface area contributed by atoms with E-state index in [0.717, 1.165) is 17.1 Å². The van der Waals surface area contributed by atoms with E-state index >= 15 is 0 Å². The van der Waals surface area contributed by atoms with E-state index in [0.29, 0.717) is 0 Å². The zero-order valence-electron chi connectivity index (χ0n) is 11.2. The topological polar surface area (TPSA) is 41.6 Å². The zero-order valence-corrected chi connectivity index (χ0v) is 12.7. The fourth-order valence-electron chi connectivity index (χ4n) is 1.13. The number of nitrogens with one attached hydrogen (secondary N) is 1. The van der Waals surface area contributed by atoms with Gasteiger partial charge in [0.1, 0.15) is 5.69 Å². The van der Waals surface area contributed by atoms with Gasteiger partial charge in [-0.15, -0.1) is 0 Å². The standard InChI is InChI=1S/C9H9N3.C3H5.BF4.Pd/c1-7-3-2-4-10-8(7)9-11-5-6-12-9;1-3-2;2-1(3,4)5;/h2-6H,1H3,(H,11,12);3H,1-2H2;;/q;;-1;+2. The van der Waals surface area contributed by atoms with Gasteiger partial charge in [-0.2, -0.15) is 0 Å². The van der Waals surface area contributed by atoms with Crippen molar-refractivity contribution in [3.63, 3.8) is 0 Å². The third-order valence-corrected chi connectivity index (χ3v) is 1.73. The normalized spacial score (nSPS) is 9.48. The molecule has 9 heteroatoms. The van der Waals surface area contributed by atoms with Gasteiger partial charge in [-0.1, -0.05) is 6.07 Å². The maximum Gasteiger partial charge on any atom is 2.00 e. The Labute approximate surface area is 135 Å². The number of nitrogens with zero attached hydrogens (tertiary/aromatic N) is 2. The molecule has 0 bridgehead atoms. The summed E-state index contributed by atoms with van der Waals surface area (Å²) in [5.41, 5.74) is 2.05. The Morgan fingerprint density at radius 3 is 2.05 bits per heavy atom. The molecule has 0 aliphatic carbocycles. The summed E-state index contributed by atoms with van der Waals surface area (Å²) in [5, 5.41) is 0. The average Bonchev–Trinajstić information content (AvgIpc) is 2.82. The first-order valence-corrected chi connectivity index (χ1v) is 5.48. The first kappa shape index (κ1) is 22.1. The van der Waals surface area contributed by atoms with Gasteiger partial charge in [-0.25, -0.2) is 4.98 Å². The first-order valence-electron chi connectivity index (χ1n) is 5.48. The molecule has 117 valence electrons. The van der Waals surface area contributed by atoms with Crippen LogP contribution in [-0.4, -0.2) is 22.2 Å². The molecule has 2 heterocycles. The van der Waals surface area contributed by atoms with Crippen molar-refractivity contribution in [2.24, 2.45) is 0 Å². The molecule has 21 heavy (non-hydrogen) atoms. The quantitative estimate of drug-likeness (QED) is 0.589. The molecule has 2 aromatic rings. The monoisotopic (exact) mass is 393 g/mol. The van der Waals surface area contributed by atoms with Crippen LogP contribution in [0, 0.1) is 27.2 Å². The van der Waals surface area contributed by atoms with Crippen LogP contribution in [0.25, 0.3) is 11.5 Å². The Morgan fingerprint density at radius 2 is 1.67 bits per heavy atom. The summed E-state index contributed by atoms with van der Waals surface area (Å²) in [7, 11) is -6.00. The molecule has 0 aliphatic heterocycles. The SMILES string of the molecule is Cc1cccnc1-c1ncc[nH]1.F[B-](F)(F)F.[CH2][CH][CH2].[Pd+2]. The van der Waals surface area contributed by atoms with Crippen molar-refractivity contribution in [2.45, 2.75) is 6.92 Å². The van der Waals surface area contributed by atoms with Crippen LogP contribution in [0.1, 0.15) is 5.56 Å². The van der Waals surface area contributed by atoms with Crippen molar-refractivity contribution in [2.75, 3.05) is 0 Å². The summed E-state index contributed by atoms with van der Waals surface area (Å²) in [6, 6.07) is 3.94. The van der Waals surface area contributed by atoms with Gasteiger partial charge in [-0.05, 0) is 38.8 Å². The molecule has 0 aromatic carbocycles. The minimum absolute atomic E-state index is 0. The van der Waals surface area contributed by atoms with Gasteiger partial charge in [0.15, 0.2) is 5.82 Å². The van der Waals surface area contributed by atoms with Gasteiger partial charge in [0.2, 0.25) is 0 Å². The molecular formula is C12H14BF4N3Pd+. The van der Waals surface area contributed by atoms with Crippen molar-refractivity contribution in [3.8, 4) is 11.5 Å². The molecule has 3 radical (unpaired) electrons. The van der Waals surface area contributed by atoms with Gasteiger partial charge < -0.3 is 22.2 Å². The molecule has 2 rings (SSSR count). The Hall–Kier alpha value is -1.19. The molecule has 0 atom stereocenters. The molecule has 1 N–H and O–H groups in total. The smallest absolute Gasteiger partial charge is 0.418 e. The number of aromatic amines is 1. The van der Waals surface area contributed by atoms with Crippen LogP contribution in [0.5, 0.6) is 0 Å². The predicted octanol–water partition coefficient (Wildman–Crippen LogP) is 3.94. The van der Waals surface area contributed by atoms with Crippen LogP contribution in [0.4, 0.5) is 17.3 Å². The van der Waals surface area contributed by atoms with Crippen LogP contribution < -0.4 is 0 Å². The Balaban J connectivity index is 0. The Morgan fingerprint density at radius 1 is 1.14 bits per heavy atom. The second kappa shape index (κ2) is 11.5. The van der Waals surface area contributed by atoms with Crippen molar-refractivity contribution >= 4 is 7.25 Å². The number of aromatic nitrogens is 3. The zero-order chi connectivity index (χ0) is 15.6. The second-order valence-corrected chi connectivity index (χ2v) is 3.39.